The van der Waals surface area contributed by atoms with Gasteiger partial charge in [-0.3, -0.25) is 0 Å². The standard InChI is InChI=1S/C44H30N2S/c1-4-15-33(16-5-1)45(36-26-27-40-39-22-12-13-23-42(39)47-43(40)30-36)37-28-32-25-24-31-14-10-11-21-38(31)44(32)41(29-37)46(34-17-6-2-7-18-34)35-19-8-3-9-20-35/h1-30H. The Hall–Kier alpha value is -5.90. The third kappa shape index (κ3) is 4.80. The lowest BCUT2D eigenvalue weighted by Crippen LogP contribution is -2.14. The van der Waals surface area contributed by atoms with E-state index < -0.39 is 0 Å². The lowest BCUT2D eigenvalue weighted by molar-refractivity contribution is 1.27. The van der Waals surface area contributed by atoms with Gasteiger partial charge in [0, 0.05) is 54.0 Å². The van der Waals surface area contributed by atoms with E-state index in [1.807, 2.05) is 11.3 Å². The zero-order valence-electron chi connectivity index (χ0n) is 25.6. The molecule has 0 fully saturated rings. The van der Waals surface area contributed by atoms with Crippen molar-refractivity contribution in [1.29, 1.82) is 0 Å². The molecule has 0 unspecified atom stereocenters. The van der Waals surface area contributed by atoms with E-state index >= 15 is 0 Å². The lowest BCUT2D eigenvalue weighted by atomic mass is 9.98. The van der Waals surface area contributed by atoms with Gasteiger partial charge in [0.25, 0.3) is 0 Å². The van der Waals surface area contributed by atoms with Crippen molar-refractivity contribution in [3.8, 4) is 0 Å². The molecule has 9 aromatic rings. The highest BCUT2D eigenvalue weighted by Crippen LogP contribution is 2.47. The summed E-state index contributed by atoms with van der Waals surface area (Å²) in [5.41, 5.74) is 6.71. The maximum atomic E-state index is 2.40. The number of para-hydroxylation sites is 3. The fourth-order valence-corrected chi connectivity index (χ4v) is 8.01. The third-order valence-corrected chi connectivity index (χ3v) is 10.1. The molecular weight excluding hydrogens is 589 g/mol. The average Bonchev–Trinajstić information content (AvgIpc) is 3.51. The number of benzene rings is 8. The van der Waals surface area contributed by atoms with Crippen molar-refractivity contribution >= 4 is 87.2 Å². The van der Waals surface area contributed by atoms with E-state index in [0.717, 1.165) is 34.1 Å². The molecule has 47 heavy (non-hydrogen) atoms. The van der Waals surface area contributed by atoms with Crippen LogP contribution < -0.4 is 9.80 Å². The summed E-state index contributed by atoms with van der Waals surface area (Å²) in [5.74, 6) is 0. The van der Waals surface area contributed by atoms with Crippen LogP contribution in [-0.4, -0.2) is 0 Å². The Bertz CT molecular complexity index is 2480. The SMILES string of the molecule is c1ccc(N(c2cc(N(c3ccccc3)c3ccccc3)c3c(ccc4ccccc43)c2)c2ccc3c(c2)sc2ccccc23)cc1. The summed E-state index contributed by atoms with van der Waals surface area (Å²) in [6.07, 6.45) is 0. The number of rotatable bonds is 6. The van der Waals surface area contributed by atoms with Crippen LogP contribution in [0.25, 0.3) is 41.7 Å². The fraction of sp³-hybridized carbons (Fsp3) is 0. The van der Waals surface area contributed by atoms with Crippen LogP contribution in [0.4, 0.5) is 34.1 Å². The molecule has 1 heterocycles. The molecule has 0 radical (unpaired) electrons. The van der Waals surface area contributed by atoms with Gasteiger partial charge in [-0.15, -0.1) is 11.3 Å². The smallest absolute Gasteiger partial charge is 0.0567 e. The molecule has 3 heteroatoms. The molecule has 2 nitrogen and oxygen atoms in total. The first kappa shape index (κ1) is 27.4. The fourth-order valence-electron chi connectivity index (χ4n) is 6.87. The molecule has 0 bridgehead atoms. The Kier molecular flexibility index (Phi) is 6.69. The van der Waals surface area contributed by atoms with Crippen molar-refractivity contribution in [1.82, 2.24) is 0 Å². The van der Waals surface area contributed by atoms with Crippen molar-refractivity contribution < 1.29 is 0 Å². The second-order valence-electron chi connectivity index (χ2n) is 11.8. The molecule has 0 amide bonds. The van der Waals surface area contributed by atoms with Crippen LogP contribution >= 0.6 is 11.3 Å². The van der Waals surface area contributed by atoms with Crippen LogP contribution in [0.3, 0.4) is 0 Å². The van der Waals surface area contributed by atoms with E-state index in [4.69, 9.17) is 0 Å². The van der Waals surface area contributed by atoms with Gasteiger partial charge in [0.2, 0.25) is 0 Å². The van der Waals surface area contributed by atoms with Crippen LogP contribution in [0.5, 0.6) is 0 Å². The largest absolute Gasteiger partial charge is 0.310 e. The summed E-state index contributed by atoms with van der Waals surface area (Å²) in [4.78, 5) is 4.80. The highest BCUT2D eigenvalue weighted by molar-refractivity contribution is 7.25. The monoisotopic (exact) mass is 618 g/mol. The number of hydrogen-bond donors (Lipinski definition) is 0. The highest BCUT2D eigenvalue weighted by atomic mass is 32.1. The summed E-state index contributed by atoms with van der Waals surface area (Å²) in [5, 5.41) is 7.50. The average molecular weight is 619 g/mol. The number of hydrogen-bond acceptors (Lipinski definition) is 3. The molecule has 0 N–H and O–H groups in total. The van der Waals surface area contributed by atoms with Crippen LogP contribution in [0.1, 0.15) is 0 Å². The molecule has 0 aliphatic carbocycles. The van der Waals surface area contributed by atoms with E-state index in [0.29, 0.717) is 0 Å². The molecule has 1 aromatic heterocycles. The van der Waals surface area contributed by atoms with Crippen molar-refractivity contribution in [2.24, 2.45) is 0 Å². The van der Waals surface area contributed by atoms with Gasteiger partial charge in [0.1, 0.15) is 0 Å². The maximum Gasteiger partial charge on any atom is 0.0567 e. The van der Waals surface area contributed by atoms with Gasteiger partial charge >= 0.3 is 0 Å². The lowest BCUT2D eigenvalue weighted by Gasteiger charge is -2.31. The summed E-state index contributed by atoms with van der Waals surface area (Å²) in [6.45, 7) is 0. The van der Waals surface area contributed by atoms with E-state index in [9.17, 15) is 0 Å². The topological polar surface area (TPSA) is 6.48 Å². The molecule has 0 saturated carbocycles. The Balaban J connectivity index is 1.35. The molecule has 222 valence electrons. The molecule has 9 rings (SSSR count). The van der Waals surface area contributed by atoms with Crippen LogP contribution in [0, 0.1) is 0 Å². The summed E-state index contributed by atoms with van der Waals surface area (Å²) >= 11 is 1.86. The minimum Gasteiger partial charge on any atom is -0.310 e. The number of nitrogens with zero attached hydrogens (tertiary/aromatic N) is 2. The quantitative estimate of drug-likeness (QED) is 0.171. The Morgan fingerprint density at radius 3 is 1.57 bits per heavy atom. The summed E-state index contributed by atoms with van der Waals surface area (Å²) < 4.78 is 2.60. The number of thiophene rings is 1. The highest BCUT2D eigenvalue weighted by Gasteiger charge is 2.22. The number of anilines is 6. The summed E-state index contributed by atoms with van der Waals surface area (Å²) in [6, 6.07) is 65.7. The molecule has 0 aliphatic rings. The first-order valence-corrected chi connectivity index (χ1v) is 16.8. The first-order chi connectivity index (χ1) is 23.3. The normalized spacial score (nSPS) is 11.4. The van der Waals surface area contributed by atoms with Gasteiger partial charge in [-0.05, 0) is 82.9 Å². The minimum atomic E-state index is 1.10. The van der Waals surface area contributed by atoms with Gasteiger partial charge in [-0.2, -0.15) is 0 Å². The summed E-state index contributed by atoms with van der Waals surface area (Å²) in [7, 11) is 0. The minimum absolute atomic E-state index is 1.10. The van der Waals surface area contributed by atoms with E-state index in [1.54, 1.807) is 0 Å². The van der Waals surface area contributed by atoms with Gasteiger partial charge in [-0.25, -0.2) is 0 Å². The van der Waals surface area contributed by atoms with Crippen LogP contribution in [0.15, 0.2) is 182 Å². The van der Waals surface area contributed by atoms with Crippen LogP contribution in [-0.2, 0) is 0 Å². The second-order valence-corrected chi connectivity index (χ2v) is 12.9. The van der Waals surface area contributed by atoms with Crippen molar-refractivity contribution in [3.05, 3.63) is 182 Å². The second kappa shape index (κ2) is 11.5. The van der Waals surface area contributed by atoms with E-state index in [2.05, 4.69) is 192 Å². The Morgan fingerprint density at radius 1 is 0.319 bits per heavy atom. The predicted octanol–water partition coefficient (Wildman–Crippen LogP) is 13.3. The van der Waals surface area contributed by atoms with Gasteiger partial charge in [0.05, 0.1) is 5.69 Å². The van der Waals surface area contributed by atoms with Gasteiger partial charge < -0.3 is 9.80 Å². The maximum absolute atomic E-state index is 2.40. The Morgan fingerprint density at radius 2 is 0.872 bits per heavy atom. The molecule has 0 saturated heterocycles. The molecule has 0 spiro atoms. The van der Waals surface area contributed by atoms with Gasteiger partial charge in [-0.1, -0.05) is 115 Å². The molecular formula is C44H30N2S. The third-order valence-electron chi connectivity index (χ3n) is 8.97. The van der Waals surface area contributed by atoms with E-state index in [-0.39, 0.29) is 0 Å². The predicted molar refractivity (Wildman–Crippen MR) is 204 cm³/mol. The van der Waals surface area contributed by atoms with Crippen molar-refractivity contribution in [2.75, 3.05) is 9.80 Å². The number of fused-ring (bicyclic) bond motifs is 6. The zero-order chi connectivity index (χ0) is 31.2. The van der Waals surface area contributed by atoms with Gasteiger partial charge in [0.15, 0.2) is 0 Å². The molecule has 0 aliphatic heterocycles. The molecule has 8 aromatic carbocycles. The zero-order valence-corrected chi connectivity index (χ0v) is 26.4. The van der Waals surface area contributed by atoms with Crippen LogP contribution in [0.2, 0.25) is 0 Å². The van der Waals surface area contributed by atoms with Crippen molar-refractivity contribution in [2.45, 2.75) is 0 Å². The first-order valence-electron chi connectivity index (χ1n) is 15.9. The van der Waals surface area contributed by atoms with E-state index in [1.165, 1.54) is 41.7 Å². The van der Waals surface area contributed by atoms with Crippen molar-refractivity contribution in [3.63, 3.8) is 0 Å². The molecule has 0 atom stereocenters. The Labute approximate surface area is 278 Å².